The summed E-state index contributed by atoms with van der Waals surface area (Å²) in [5.74, 6) is 2.71. The SMILES string of the molecule is C#Cc1cnc2ccc(OC(OC)C(=O)NC(C)(C)C)cc2c1. The number of carbonyl (C=O) groups excluding carboxylic acids is 1. The minimum Gasteiger partial charge on any atom is -0.455 e. The summed E-state index contributed by atoms with van der Waals surface area (Å²) in [5, 5.41) is 3.66. The lowest BCUT2D eigenvalue weighted by Gasteiger charge is -2.24. The average Bonchev–Trinajstić information content (AvgIpc) is 2.49. The maximum absolute atomic E-state index is 12.2. The molecule has 0 fully saturated rings. The smallest absolute Gasteiger partial charge is 0.290 e. The van der Waals surface area contributed by atoms with Gasteiger partial charge in [-0.15, -0.1) is 6.42 Å². The molecule has 0 bridgehead atoms. The Hall–Kier alpha value is -2.58. The second kappa shape index (κ2) is 6.67. The van der Waals surface area contributed by atoms with Crippen molar-refractivity contribution in [3.8, 4) is 18.1 Å². The molecule has 2 rings (SSSR count). The predicted octanol–water partition coefficient (Wildman–Crippen LogP) is 2.48. The number of hydrogen-bond donors (Lipinski definition) is 1. The van der Waals surface area contributed by atoms with Crippen LogP contribution in [0.1, 0.15) is 26.3 Å². The Kier molecular flexibility index (Phi) is 4.87. The number of pyridine rings is 1. The number of amides is 1. The van der Waals surface area contributed by atoms with E-state index in [-0.39, 0.29) is 11.4 Å². The van der Waals surface area contributed by atoms with Crippen molar-refractivity contribution >= 4 is 16.8 Å². The van der Waals surface area contributed by atoms with Gasteiger partial charge in [-0.1, -0.05) is 5.92 Å². The van der Waals surface area contributed by atoms with E-state index in [4.69, 9.17) is 15.9 Å². The normalized spacial score (nSPS) is 12.5. The lowest BCUT2D eigenvalue weighted by atomic mass is 10.1. The zero-order valence-corrected chi connectivity index (χ0v) is 13.7. The Labute approximate surface area is 136 Å². The molecule has 5 nitrogen and oxygen atoms in total. The van der Waals surface area contributed by atoms with Crippen molar-refractivity contribution in [1.82, 2.24) is 10.3 Å². The van der Waals surface area contributed by atoms with Crippen molar-refractivity contribution in [2.45, 2.75) is 32.6 Å². The van der Waals surface area contributed by atoms with Crippen LogP contribution in [0.4, 0.5) is 0 Å². The maximum Gasteiger partial charge on any atom is 0.290 e. The largest absolute Gasteiger partial charge is 0.455 e. The first kappa shape index (κ1) is 16.8. The molecule has 1 heterocycles. The number of hydrogen-bond acceptors (Lipinski definition) is 4. The highest BCUT2D eigenvalue weighted by atomic mass is 16.7. The molecule has 0 saturated heterocycles. The van der Waals surface area contributed by atoms with Crippen LogP contribution in [-0.2, 0) is 9.53 Å². The van der Waals surface area contributed by atoms with Gasteiger partial charge < -0.3 is 14.8 Å². The van der Waals surface area contributed by atoms with E-state index in [1.165, 1.54) is 7.11 Å². The van der Waals surface area contributed by atoms with Gasteiger partial charge in [-0.3, -0.25) is 9.78 Å². The van der Waals surface area contributed by atoms with Gasteiger partial charge in [0.15, 0.2) is 0 Å². The van der Waals surface area contributed by atoms with Crippen molar-refractivity contribution in [3.63, 3.8) is 0 Å². The number of nitrogens with one attached hydrogen (secondary N) is 1. The highest BCUT2D eigenvalue weighted by Crippen LogP contribution is 2.21. The lowest BCUT2D eigenvalue weighted by molar-refractivity contribution is -0.149. The summed E-state index contributed by atoms with van der Waals surface area (Å²) in [7, 11) is 1.42. The first-order valence-electron chi connectivity index (χ1n) is 7.20. The molecule has 1 aromatic heterocycles. The van der Waals surface area contributed by atoms with Gasteiger partial charge in [0.25, 0.3) is 12.2 Å². The van der Waals surface area contributed by atoms with Gasteiger partial charge in [-0.2, -0.15) is 0 Å². The molecular formula is C18H20N2O3. The number of methoxy groups -OCH3 is 1. The molecule has 0 aliphatic heterocycles. The van der Waals surface area contributed by atoms with Crippen molar-refractivity contribution in [2.24, 2.45) is 0 Å². The number of nitrogens with zero attached hydrogens (tertiary/aromatic N) is 1. The number of ether oxygens (including phenoxy) is 2. The summed E-state index contributed by atoms with van der Waals surface area (Å²) >= 11 is 0. The van der Waals surface area contributed by atoms with Crippen LogP contribution >= 0.6 is 0 Å². The fraction of sp³-hybridized carbons (Fsp3) is 0.333. The quantitative estimate of drug-likeness (QED) is 0.696. The van der Waals surface area contributed by atoms with Gasteiger partial charge in [0.1, 0.15) is 5.75 Å². The Balaban J connectivity index is 2.22. The van der Waals surface area contributed by atoms with Crippen LogP contribution in [0.15, 0.2) is 30.5 Å². The second-order valence-corrected chi connectivity index (χ2v) is 6.15. The number of aromatic nitrogens is 1. The minimum atomic E-state index is -1.03. The minimum absolute atomic E-state index is 0.337. The summed E-state index contributed by atoms with van der Waals surface area (Å²) < 4.78 is 10.8. The fourth-order valence-corrected chi connectivity index (χ4v) is 2.02. The van der Waals surface area contributed by atoms with Crippen LogP contribution in [0.2, 0.25) is 0 Å². The van der Waals surface area contributed by atoms with E-state index in [1.54, 1.807) is 24.4 Å². The van der Waals surface area contributed by atoms with E-state index in [2.05, 4.69) is 16.2 Å². The molecule has 23 heavy (non-hydrogen) atoms. The third kappa shape index (κ3) is 4.44. The summed E-state index contributed by atoms with van der Waals surface area (Å²) in [4.78, 5) is 16.4. The molecule has 0 saturated carbocycles. The molecule has 5 heteroatoms. The molecule has 1 unspecified atom stereocenters. The highest BCUT2D eigenvalue weighted by Gasteiger charge is 2.24. The predicted molar refractivity (Wildman–Crippen MR) is 89.0 cm³/mol. The van der Waals surface area contributed by atoms with Crippen molar-refractivity contribution in [3.05, 3.63) is 36.0 Å². The standard InChI is InChI=1S/C18H20N2O3/c1-6-12-9-13-10-14(7-8-15(13)19-11-12)23-17(22-5)16(21)20-18(2,3)4/h1,7-11,17H,2-5H3,(H,20,21). The maximum atomic E-state index is 12.2. The molecular weight excluding hydrogens is 292 g/mol. The average molecular weight is 312 g/mol. The summed E-state index contributed by atoms with van der Waals surface area (Å²) in [5.41, 5.74) is 1.11. The van der Waals surface area contributed by atoms with Crippen LogP contribution in [-0.4, -0.2) is 29.8 Å². The third-order valence-corrected chi connectivity index (χ3v) is 2.99. The number of rotatable bonds is 4. The van der Waals surface area contributed by atoms with Crippen molar-refractivity contribution in [2.75, 3.05) is 7.11 Å². The van der Waals surface area contributed by atoms with E-state index in [0.717, 1.165) is 10.9 Å². The van der Waals surface area contributed by atoms with Gasteiger partial charge in [0.05, 0.1) is 5.52 Å². The van der Waals surface area contributed by atoms with Gasteiger partial charge in [-0.25, -0.2) is 0 Å². The van der Waals surface area contributed by atoms with Crippen LogP contribution in [0.5, 0.6) is 5.75 Å². The molecule has 1 aromatic carbocycles. The van der Waals surface area contributed by atoms with E-state index in [9.17, 15) is 4.79 Å². The number of carbonyl (C=O) groups is 1. The zero-order chi connectivity index (χ0) is 17.0. The van der Waals surface area contributed by atoms with Gasteiger partial charge in [0.2, 0.25) is 0 Å². The first-order chi connectivity index (χ1) is 10.8. The Morgan fingerprint density at radius 1 is 1.35 bits per heavy atom. The molecule has 1 N–H and O–H groups in total. The molecule has 120 valence electrons. The van der Waals surface area contributed by atoms with E-state index in [0.29, 0.717) is 11.3 Å². The Morgan fingerprint density at radius 2 is 2.09 bits per heavy atom. The van der Waals surface area contributed by atoms with Gasteiger partial charge >= 0.3 is 0 Å². The summed E-state index contributed by atoms with van der Waals surface area (Å²) in [6, 6.07) is 7.16. The topological polar surface area (TPSA) is 60.5 Å². The molecule has 2 aromatic rings. The van der Waals surface area contributed by atoms with E-state index >= 15 is 0 Å². The Bertz CT molecular complexity index is 757. The molecule has 0 spiro atoms. The second-order valence-electron chi connectivity index (χ2n) is 6.15. The van der Waals surface area contributed by atoms with Crippen LogP contribution in [0.3, 0.4) is 0 Å². The van der Waals surface area contributed by atoms with Crippen LogP contribution in [0.25, 0.3) is 10.9 Å². The van der Waals surface area contributed by atoms with Crippen molar-refractivity contribution in [1.29, 1.82) is 0 Å². The van der Waals surface area contributed by atoms with Crippen molar-refractivity contribution < 1.29 is 14.3 Å². The molecule has 0 radical (unpaired) electrons. The van der Waals surface area contributed by atoms with Gasteiger partial charge in [0, 0.05) is 29.8 Å². The fourth-order valence-electron chi connectivity index (χ4n) is 2.02. The molecule has 1 amide bonds. The first-order valence-corrected chi connectivity index (χ1v) is 7.20. The number of fused-ring (bicyclic) bond motifs is 1. The summed E-state index contributed by atoms with van der Waals surface area (Å²) in [6.45, 7) is 5.67. The number of terminal acetylenes is 1. The summed E-state index contributed by atoms with van der Waals surface area (Å²) in [6.07, 6.45) is 5.99. The zero-order valence-electron chi connectivity index (χ0n) is 13.7. The number of benzene rings is 1. The monoisotopic (exact) mass is 312 g/mol. The Morgan fingerprint density at radius 3 is 2.70 bits per heavy atom. The van der Waals surface area contributed by atoms with E-state index in [1.807, 2.05) is 26.8 Å². The highest BCUT2D eigenvalue weighted by molar-refractivity contribution is 5.82. The molecule has 0 aliphatic rings. The van der Waals surface area contributed by atoms with Crippen LogP contribution < -0.4 is 10.1 Å². The van der Waals surface area contributed by atoms with E-state index < -0.39 is 6.29 Å². The van der Waals surface area contributed by atoms with Crippen LogP contribution in [0, 0.1) is 12.3 Å². The molecule has 1 atom stereocenters. The third-order valence-electron chi connectivity index (χ3n) is 2.99. The van der Waals surface area contributed by atoms with Gasteiger partial charge in [-0.05, 0) is 45.0 Å². The molecule has 0 aliphatic carbocycles. The lowest BCUT2D eigenvalue weighted by Crippen LogP contribution is -2.48.